The maximum Gasteiger partial charge on any atom is 0.419 e. The molecule has 0 fully saturated rings. The van der Waals surface area contributed by atoms with Gasteiger partial charge >= 0.3 is 6.18 Å². The molecule has 43 heavy (non-hydrogen) atoms. The summed E-state index contributed by atoms with van der Waals surface area (Å²) >= 11 is 0. The predicted molar refractivity (Wildman–Crippen MR) is 142 cm³/mol. The zero-order valence-corrected chi connectivity index (χ0v) is 21.6. The van der Waals surface area contributed by atoms with Gasteiger partial charge in [0.15, 0.2) is 29.0 Å². The Kier molecular flexibility index (Phi) is 6.77. The van der Waals surface area contributed by atoms with Crippen LogP contribution in [0.1, 0.15) is 27.8 Å². The lowest BCUT2D eigenvalue weighted by Gasteiger charge is -2.14. The molecule has 0 atom stereocenters. The number of aryl methyl sites for hydroxylation is 1. The number of nitrogens with zero attached hydrogens (tertiary/aromatic N) is 4. The third-order valence-electron chi connectivity index (χ3n) is 6.98. The topological polar surface area (TPSA) is 56.3 Å². The van der Waals surface area contributed by atoms with Gasteiger partial charge in [-0.3, -0.25) is 0 Å². The first-order valence-electron chi connectivity index (χ1n) is 12.0. The fourth-order valence-corrected chi connectivity index (χ4v) is 5.07. The molecule has 4 aromatic rings. The minimum atomic E-state index is -5.26. The number of alkyl halides is 3. The Hall–Kier alpha value is -5.91. The number of benzene rings is 4. The maximum atomic E-state index is 14.3. The van der Waals surface area contributed by atoms with E-state index in [0.717, 1.165) is 6.07 Å². The predicted octanol–water partition coefficient (Wildman–Crippen LogP) is 9.51. The fraction of sp³-hybridized carbons (Fsp3) is 0.0625. The zero-order chi connectivity index (χ0) is 31.4. The Morgan fingerprint density at radius 1 is 0.721 bits per heavy atom. The molecule has 1 aliphatic rings. The Labute approximate surface area is 239 Å². The van der Waals surface area contributed by atoms with E-state index in [1.54, 1.807) is 6.07 Å². The van der Waals surface area contributed by atoms with Crippen molar-refractivity contribution in [2.45, 2.75) is 13.1 Å². The van der Waals surface area contributed by atoms with E-state index in [9.17, 15) is 41.3 Å². The number of allylic oxidation sites excluding steroid dienone is 1. The minimum Gasteiger partial charge on any atom is -0.237 e. The SMILES string of the molecule is [C-]#[N+]/C(C#N)=C1/c2cc(-c3cc(F)c(F)c(C(F)(F)F)c3)c(C#N)cc2-c2cc([N+]#[C-])c(-c3cc(C)c(F)c(F)c3)cc21. The van der Waals surface area contributed by atoms with E-state index in [-0.39, 0.29) is 61.3 Å². The van der Waals surface area contributed by atoms with Crippen LogP contribution in [0.15, 0.2) is 54.2 Å². The summed E-state index contributed by atoms with van der Waals surface area (Å²) in [4.78, 5) is 6.75. The van der Waals surface area contributed by atoms with E-state index in [1.165, 1.54) is 37.3 Å². The van der Waals surface area contributed by atoms with Crippen molar-refractivity contribution < 1.29 is 30.7 Å². The van der Waals surface area contributed by atoms with Crippen LogP contribution in [0.2, 0.25) is 0 Å². The van der Waals surface area contributed by atoms with Crippen LogP contribution in [-0.4, -0.2) is 0 Å². The Bertz CT molecular complexity index is 2080. The van der Waals surface area contributed by atoms with Crippen molar-refractivity contribution in [3.05, 3.63) is 128 Å². The highest BCUT2D eigenvalue weighted by atomic mass is 19.4. The average molecular weight is 584 g/mol. The first-order chi connectivity index (χ1) is 20.3. The molecule has 0 bridgehead atoms. The summed E-state index contributed by atoms with van der Waals surface area (Å²) in [6, 6.07) is 11.8. The quantitative estimate of drug-likeness (QED) is 0.118. The summed E-state index contributed by atoms with van der Waals surface area (Å²) in [5, 5.41) is 19.7. The van der Waals surface area contributed by atoms with Crippen LogP contribution in [0.5, 0.6) is 0 Å². The zero-order valence-electron chi connectivity index (χ0n) is 21.6. The summed E-state index contributed by atoms with van der Waals surface area (Å²) in [6.45, 7) is 16.6. The van der Waals surface area contributed by atoms with E-state index in [4.69, 9.17) is 13.1 Å². The van der Waals surface area contributed by atoms with Gasteiger partial charge in [0, 0.05) is 11.1 Å². The van der Waals surface area contributed by atoms with Gasteiger partial charge in [0.2, 0.25) is 0 Å². The van der Waals surface area contributed by atoms with Crippen molar-refractivity contribution >= 4 is 11.3 Å². The van der Waals surface area contributed by atoms with E-state index >= 15 is 0 Å². The summed E-state index contributed by atoms with van der Waals surface area (Å²) in [5.41, 5.74) is -2.30. The lowest BCUT2D eigenvalue weighted by Crippen LogP contribution is -2.10. The molecule has 0 radical (unpaired) electrons. The number of halogens is 7. The molecule has 4 aromatic carbocycles. The summed E-state index contributed by atoms with van der Waals surface area (Å²) < 4.78 is 97.1. The molecule has 5 rings (SSSR count). The second-order valence-electron chi connectivity index (χ2n) is 9.44. The second kappa shape index (κ2) is 10.2. The average Bonchev–Trinajstić information content (AvgIpc) is 3.27. The van der Waals surface area contributed by atoms with Crippen LogP contribution in [0, 0.1) is 66.0 Å². The van der Waals surface area contributed by atoms with E-state index in [0.29, 0.717) is 12.1 Å². The van der Waals surface area contributed by atoms with Crippen molar-refractivity contribution in [1.82, 2.24) is 0 Å². The van der Waals surface area contributed by atoms with Gasteiger partial charge in [-0.2, -0.15) is 18.4 Å². The fourth-order valence-electron chi connectivity index (χ4n) is 5.07. The molecule has 0 spiro atoms. The lowest BCUT2D eigenvalue weighted by molar-refractivity contribution is -0.140. The molecule has 0 unspecified atom stereocenters. The van der Waals surface area contributed by atoms with Crippen LogP contribution >= 0.6 is 0 Å². The number of hydrogen-bond acceptors (Lipinski definition) is 2. The van der Waals surface area contributed by atoms with Gasteiger partial charge in [-0.15, -0.1) is 0 Å². The highest BCUT2D eigenvalue weighted by Crippen LogP contribution is 2.52. The smallest absolute Gasteiger partial charge is 0.237 e. The summed E-state index contributed by atoms with van der Waals surface area (Å²) in [6.07, 6.45) is -5.26. The van der Waals surface area contributed by atoms with Crippen LogP contribution in [0.25, 0.3) is 48.6 Å². The van der Waals surface area contributed by atoms with Crippen LogP contribution < -0.4 is 0 Å². The molecule has 0 saturated heterocycles. The normalized spacial score (nSPS) is 12.8. The van der Waals surface area contributed by atoms with Crippen molar-refractivity contribution in [3.8, 4) is 45.5 Å². The molecule has 0 aromatic heterocycles. The molecule has 0 saturated carbocycles. The van der Waals surface area contributed by atoms with Gasteiger partial charge in [-0.1, -0.05) is 6.07 Å². The Morgan fingerprint density at radius 3 is 1.84 bits per heavy atom. The summed E-state index contributed by atoms with van der Waals surface area (Å²) in [7, 11) is 0. The van der Waals surface area contributed by atoms with Gasteiger partial charge in [0.05, 0.1) is 36.4 Å². The molecule has 1 aliphatic carbocycles. The molecule has 11 heteroatoms. The first-order valence-corrected chi connectivity index (χ1v) is 12.0. The standard InChI is InChI=1S/C32H11F7N4/c1-14-4-15(7-25(33)30(14)35)19-10-23-21(11-27(19)42-2)20-5-17(12-40)18(9-22(20)29(23)28(13-41)43-3)16-6-24(32(37,38)39)31(36)26(34)8-16/h4-11H,1H3/b29-28-. The lowest BCUT2D eigenvalue weighted by atomic mass is 9.92. The van der Waals surface area contributed by atoms with Crippen molar-refractivity contribution in [3.63, 3.8) is 0 Å². The van der Waals surface area contributed by atoms with Crippen LogP contribution in [-0.2, 0) is 6.18 Å². The first kappa shape index (κ1) is 28.6. The molecular formula is C32H11F7N4. The minimum absolute atomic E-state index is 0.0102. The van der Waals surface area contributed by atoms with Gasteiger partial charge < -0.3 is 0 Å². The van der Waals surface area contributed by atoms with Gasteiger partial charge in [0.1, 0.15) is 0 Å². The van der Waals surface area contributed by atoms with Crippen LogP contribution in [0.3, 0.4) is 0 Å². The Morgan fingerprint density at radius 2 is 1.30 bits per heavy atom. The second-order valence-corrected chi connectivity index (χ2v) is 9.44. The molecule has 0 N–H and O–H groups in total. The molecule has 208 valence electrons. The highest BCUT2D eigenvalue weighted by molar-refractivity contribution is 6.07. The molecule has 0 heterocycles. The van der Waals surface area contributed by atoms with E-state index in [2.05, 4.69) is 9.69 Å². The number of hydrogen-bond donors (Lipinski definition) is 0. The largest absolute Gasteiger partial charge is 0.419 e. The maximum absolute atomic E-state index is 14.3. The third kappa shape index (κ3) is 4.54. The van der Waals surface area contributed by atoms with Gasteiger partial charge in [-0.05, 0) is 93.9 Å². The van der Waals surface area contributed by atoms with E-state index in [1.807, 2.05) is 6.07 Å². The van der Waals surface area contributed by atoms with Crippen molar-refractivity contribution in [2.24, 2.45) is 0 Å². The summed E-state index contributed by atoms with van der Waals surface area (Å²) in [5.74, 6) is -6.17. The van der Waals surface area contributed by atoms with Crippen LogP contribution in [0.4, 0.5) is 36.4 Å². The number of rotatable bonds is 2. The molecule has 0 aliphatic heterocycles. The monoisotopic (exact) mass is 584 g/mol. The van der Waals surface area contributed by atoms with Gasteiger partial charge in [-0.25, -0.2) is 32.5 Å². The van der Waals surface area contributed by atoms with E-state index < -0.39 is 46.3 Å². The highest BCUT2D eigenvalue weighted by Gasteiger charge is 2.37. The third-order valence-corrected chi connectivity index (χ3v) is 6.98. The number of nitriles is 2. The molecule has 0 amide bonds. The van der Waals surface area contributed by atoms with Crippen molar-refractivity contribution in [2.75, 3.05) is 0 Å². The molecule has 4 nitrogen and oxygen atoms in total. The van der Waals surface area contributed by atoms with Crippen molar-refractivity contribution in [1.29, 1.82) is 10.5 Å². The Balaban J connectivity index is 1.85. The van der Waals surface area contributed by atoms with Gasteiger partial charge in [0.25, 0.3) is 5.70 Å². The number of fused-ring (bicyclic) bond motifs is 3. The molecular weight excluding hydrogens is 573 g/mol.